The Bertz CT molecular complexity index is 841. The van der Waals surface area contributed by atoms with Gasteiger partial charge in [-0.3, -0.25) is 9.59 Å². The number of rotatable bonds is 5. The molecule has 0 unspecified atom stereocenters. The molecular weight excluding hydrogens is 351 g/mol. The summed E-state index contributed by atoms with van der Waals surface area (Å²) >= 11 is 0. The maximum Gasteiger partial charge on any atom is 0.254 e. The predicted octanol–water partition coefficient (Wildman–Crippen LogP) is 2.43. The number of ether oxygens (including phenoxy) is 1. The van der Waals surface area contributed by atoms with Crippen molar-refractivity contribution < 1.29 is 18.7 Å². The van der Waals surface area contributed by atoms with Crippen LogP contribution < -0.4 is 10.1 Å². The van der Waals surface area contributed by atoms with E-state index in [9.17, 15) is 14.0 Å². The Labute approximate surface area is 156 Å². The van der Waals surface area contributed by atoms with Crippen LogP contribution in [0.5, 0.6) is 5.88 Å². The second-order valence-corrected chi connectivity index (χ2v) is 6.33. The molecule has 2 heterocycles. The minimum atomic E-state index is -0.543. The molecule has 2 amide bonds. The SMILES string of the molecule is CCc1ncnc(O[C@H]2CCN(C(=O)c3ccc(NC(C)=O)cc3)C2)c1F. The average Bonchev–Trinajstić information content (AvgIpc) is 3.11. The molecular formula is C19H21FN4O3. The van der Waals surface area contributed by atoms with Crippen molar-refractivity contribution in [2.75, 3.05) is 18.4 Å². The van der Waals surface area contributed by atoms with Gasteiger partial charge in [-0.2, -0.15) is 9.37 Å². The third-order valence-electron chi connectivity index (χ3n) is 4.33. The van der Waals surface area contributed by atoms with Crippen molar-refractivity contribution in [3.8, 4) is 5.88 Å². The summed E-state index contributed by atoms with van der Waals surface area (Å²) in [5, 5.41) is 2.66. The average molecular weight is 372 g/mol. The quantitative estimate of drug-likeness (QED) is 0.871. The summed E-state index contributed by atoms with van der Waals surface area (Å²) < 4.78 is 19.9. The van der Waals surface area contributed by atoms with Crippen LogP contribution in [0.2, 0.25) is 0 Å². The number of amides is 2. The van der Waals surface area contributed by atoms with Gasteiger partial charge in [-0.25, -0.2) is 4.98 Å². The van der Waals surface area contributed by atoms with E-state index in [0.29, 0.717) is 42.9 Å². The molecule has 142 valence electrons. The van der Waals surface area contributed by atoms with Crippen LogP contribution in [0.3, 0.4) is 0 Å². The lowest BCUT2D eigenvalue weighted by atomic mass is 10.2. The molecule has 1 aromatic heterocycles. The Morgan fingerprint density at radius 2 is 2.04 bits per heavy atom. The molecule has 8 heteroatoms. The number of carbonyl (C=O) groups excluding carboxylic acids is 2. The highest BCUT2D eigenvalue weighted by atomic mass is 19.1. The highest BCUT2D eigenvalue weighted by Crippen LogP contribution is 2.22. The highest BCUT2D eigenvalue weighted by Gasteiger charge is 2.29. The second-order valence-electron chi connectivity index (χ2n) is 6.33. The smallest absolute Gasteiger partial charge is 0.254 e. The highest BCUT2D eigenvalue weighted by molar-refractivity contribution is 5.95. The maximum absolute atomic E-state index is 14.2. The monoisotopic (exact) mass is 372 g/mol. The number of hydrogen-bond acceptors (Lipinski definition) is 5. The summed E-state index contributed by atoms with van der Waals surface area (Å²) in [6, 6.07) is 6.70. The molecule has 1 fully saturated rings. The van der Waals surface area contributed by atoms with Gasteiger partial charge in [0.1, 0.15) is 12.4 Å². The van der Waals surface area contributed by atoms with Crippen molar-refractivity contribution in [3.63, 3.8) is 0 Å². The molecule has 0 spiro atoms. The van der Waals surface area contributed by atoms with Crippen LogP contribution in [0.15, 0.2) is 30.6 Å². The lowest BCUT2D eigenvalue weighted by Gasteiger charge is -2.17. The van der Waals surface area contributed by atoms with E-state index in [1.165, 1.54) is 13.3 Å². The topological polar surface area (TPSA) is 84.4 Å². The van der Waals surface area contributed by atoms with Crippen LogP contribution in [-0.4, -0.2) is 45.9 Å². The van der Waals surface area contributed by atoms with E-state index in [1.807, 2.05) is 6.92 Å². The first-order chi connectivity index (χ1) is 13.0. The Balaban J connectivity index is 1.62. The molecule has 1 aromatic carbocycles. The van der Waals surface area contributed by atoms with Gasteiger partial charge in [0, 0.05) is 31.1 Å². The number of carbonyl (C=O) groups is 2. The minimum absolute atomic E-state index is 0.0687. The van der Waals surface area contributed by atoms with Crippen LogP contribution in [0.4, 0.5) is 10.1 Å². The lowest BCUT2D eigenvalue weighted by molar-refractivity contribution is -0.114. The van der Waals surface area contributed by atoms with Gasteiger partial charge < -0.3 is 15.0 Å². The number of benzene rings is 1. The first-order valence-electron chi connectivity index (χ1n) is 8.81. The molecule has 7 nitrogen and oxygen atoms in total. The molecule has 0 saturated carbocycles. The van der Waals surface area contributed by atoms with Gasteiger partial charge in [0.05, 0.1) is 12.2 Å². The lowest BCUT2D eigenvalue weighted by Crippen LogP contribution is -2.31. The second kappa shape index (κ2) is 8.11. The number of hydrogen-bond donors (Lipinski definition) is 1. The van der Waals surface area contributed by atoms with Crippen molar-refractivity contribution >= 4 is 17.5 Å². The number of likely N-dealkylation sites (tertiary alicyclic amines) is 1. The molecule has 1 N–H and O–H groups in total. The number of aryl methyl sites for hydroxylation is 1. The fraction of sp³-hybridized carbons (Fsp3) is 0.368. The third kappa shape index (κ3) is 4.39. The van der Waals surface area contributed by atoms with E-state index in [1.54, 1.807) is 29.2 Å². The molecule has 1 aliphatic rings. The first-order valence-corrected chi connectivity index (χ1v) is 8.81. The summed E-state index contributed by atoms with van der Waals surface area (Å²) in [4.78, 5) is 33.1. The van der Waals surface area contributed by atoms with Gasteiger partial charge >= 0.3 is 0 Å². The fourth-order valence-electron chi connectivity index (χ4n) is 2.97. The van der Waals surface area contributed by atoms with Crippen LogP contribution in [0, 0.1) is 5.82 Å². The van der Waals surface area contributed by atoms with Gasteiger partial charge in [0.25, 0.3) is 11.8 Å². The van der Waals surface area contributed by atoms with Gasteiger partial charge in [0.15, 0.2) is 0 Å². The predicted molar refractivity (Wildman–Crippen MR) is 97.1 cm³/mol. The molecule has 0 aliphatic carbocycles. The van der Waals surface area contributed by atoms with E-state index in [4.69, 9.17) is 4.74 Å². The van der Waals surface area contributed by atoms with Crippen LogP contribution >= 0.6 is 0 Å². The number of anilines is 1. The van der Waals surface area contributed by atoms with Gasteiger partial charge in [0.2, 0.25) is 11.7 Å². The number of nitrogens with zero attached hydrogens (tertiary/aromatic N) is 3. The van der Waals surface area contributed by atoms with Crippen LogP contribution in [0.25, 0.3) is 0 Å². The van der Waals surface area contributed by atoms with Gasteiger partial charge in [-0.05, 0) is 30.7 Å². The number of aromatic nitrogens is 2. The number of nitrogens with one attached hydrogen (secondary N) is 1. The van der Waals surface area contributed by atoms with Crippen LogP contribution in [-0.2, 0) is 11.2 Å². The van der Waals surface area contributed by atoms with Crippen molar-refractivity contribution in [3.05, 3.63) is 47.7 Å². The van der Waals surface area contributed by atoms with Crippen molar-refractivity contribution in [1.82, 2.24) is 14.9 Å². The number of halogens is 1. The molecule has 0 radical (unpaired) electrons. The minimum Gasteiger partial charge on any atom is -0.470 e. The summed E-state index contributed by atoms with van der Waals surface area (Å²) in [5.41, 5.74) is 1.46. The van der Waals surface area contributed by atoms with E-state index >= 15 is 0 Å². The molecule has 27 heavy (non-hydrogen) atoms. The fourth-order valence-corrected chi connectivity index (χ4v) is 2.97. The van der Waals surface area contributed by atoms with Crippen molar-refractivity contribution in [2.24, 2.45) is 0 Å². The van der Waals surface area contributed by atoms with E-state index < -0.39 is 5.82 Å². The standard InChI is InChI=1S/C19H21FN4O3/c1-3-16-17(20)18(22-11-21-16)27-15-8-9-24(10-15)19(26)13-4-6-14(7-5-13)23-12(2)25/h4-7,11,15H,3,8-10H2,1-2H3,(H,23,25)/t15-/m0/s1. The maximum atomic E-state index is 14.2. The van der Waals surface area contributed by atoms with E-state index in [2.05, 4.69) is 15.3 Å². The summed E-state index contributed by atoms with van der Waals surface area (Å²) in [6.45, 7) is 4.11. The Morgan fingerprint density at radius 1 is 1.30 bits per heavy atom. The first kappa shape index (κ1) is 18.8. The molecule has 1 saturated heterocycles. The third-order valence-corrected chi connectivity index (χ3v) is 4.33. The molecule has 1 aliphatic heterocycles. The molecule has 1 atom stereocenters. The zero-order chi connectivity index (χ0) is 19.4. The summed E-state index contributed by atoms with van der Waals surface area (Å²) in [5.74, 6) is -0.913. The zero-order valence-electron chi connectivity index (χ0n) is 15.2. The Morgan fingerprint density at radius 3 is 2.70 bits per heavy atom. The largest absolute Gasteiger partial charge is 0.470 e. The van der Waals surface area contributed by atoms with Crippen molar-refractivity contribution in [1.29, 1.82) is 0 Å². The summed E-state index contributed by atoms with van der Waals surface area (Å²) in [6.07, 6.45) is 2.02. The Hall–Kier alpha value is -3.03. The van der Waals surface area contributed by atoms with Gasteiger partial charge in [-0.1, -0.05) is 6.92 Å². The zero-order valence-corrected chi connectivity index (χ0v) is 15.2. The normalized spacial score (nSPS) is 16.3. The van der Waals surface area contributed by atoms with Crippen LogP contribution in [0.1, 0.15) is 36.3 Å². The van der Waals surface area contributed by atoms with E-state index in [0.717, 1.165) is 0 Å². The molecule has 3 rings (SSSR count). The van der Waals surface area contributed by atoms with Crippen molar-refractivity contribution in [2.45, 2.75) is 32.8 Å². The molecule has 2 aromatic rings. The Kier molecular flexibility index (Phi) is 5.63. The van der Waals surface area contributed by atoms with E-state index in [-0.39, 0.29) is 23.8 Å². The van der Waals surface area contributed by atoms with Gasteiger partial charge in [-0.15, -0.1) is 0 Å². The summed E-state index contributed by atoms with van der Waals surface area (Å²) in [7, 11) is 0. The molecule has 0 bridgehead atoms.